The molecular weight excluding hydrogens is 386 g/mol. The lowest BCUT2D eigenvalue weighted by Crippen LogP contribution is -2.50. The van der Waals surface area contributed by atoms with Gasteiger partial charge in [0.2, 0.25) is 11.8 Å². The Morgan fingerprint density at radius 3 is 2.37 bits per heavy atom. The molecule has 2 aromatic carbocycles. The Morgan fingerprint density at radius 2 is 1.77 bits per heavy atom. The smallest absolute Gasteiger partial charge is 0.417 e. The Labute approximate surface area is 175 Å². The third-order valence-corrected chi connectivity index (χ3v) is 4.63. The second kappa shape index (κ2) is 10.4. The van der Waals surface area contributed by atoms with Gasteiger partial charge >= 0.3 is 6.09 Å². The molecule has 0 fully saturated rings. The van der Waals surface area contributed by atoms with Crippen molar-refractivity contribution in [3.63, 3.8) is 0 Å². The maximum absolute atomic E-state index is 13.0. The van der Waals surface area contributed by atoms with E-state index in [4.69, 9.17) is 20.0 Å². The molecule has 0 saturated heterocycles. The maximum Gasteiger partial charge on any atom is 0.417 e. The molecule has 30 heavy (non-hydrogen) atoms. The summed E-state index contributed by atoms with van der Waals surface area (Å²) in [6.45, 7) is 0.00796. The summed E-state index contributed by atoms with van der Waals surface area (Å²) in [7, 11) is 1.48. The van der Waals surface area contributed by atoms with Crippen molar-refractivity contribution >= 4 is 17.9 Å². The van der Waals surface area contributed by atoms with Crippen molar-refractivity contribution in [3.8, 4) is 0 Å². The van der Waals surface area contributed by atoms with Gasteiger partial charge in [-0.3, -0.25) is 4.79 Å². The van der Waals surface area contributed by atoms with Crippen LogP contribution in [0.1, 0.15) is 17.5 Å². The number of carbonyl (C=O) groups excluding carboxylic acids is 2. The van der Waals surface area contributed by atoms with Gasteiger partial charge < -0.3 is 20.0 Å². The van der Waals surface area contributed by atoms with Crippen molar-refractivity contribution in [3.05, 3.63) is 71.8 Å². The highest BCUT2D eigenvalue weighted by Crippen LogP contribution is 2.15. The monoisotopic (exact) mass is 411 g/mol. The fraction of sp³-hybridized carbons (Fsp3) is 0.318. The van der Waals surface area contributed by atoms with E-state index < -0.39 is 24.1 Å². The van der Waals surface area contributed by atoms with Crippen LogP contribution in [0.2, 0.25) is 0 Å². The van der Waals surface area contributed by atoms with Crippen molar-refractivity contribution < 1.29 is 23.9 Å². The first-order chi connectivity index (χ1) is 14.6. The Kier molecular flexibility index (Phi) is 7.40. The molecule has 2 N–H and O–H groups in total. The number of ether oxygens (including phenoxy) is 2. The largest absolute Gasteiger partial charge is 0.482 e. The van der Waals surface area contributed by atoms with E-state index in [-0.39, 0.29) is 13.2 Å². The number of hydrogen-bond acceptors (Lipinski definition) is 7. The normalized spacial score (nSPS) is 16.2. The summed E-state index contributed by atoms with van der Waals surface area (Å²) in [4.78, 5) is 32.0. The van der Waals surface area contributed by atoms with E-state index in [0.29, 0.717) is 18.7 Å². The molecule has 158 valence electrons. The Bertz CT molecular complexity index is 873. The second-order valence-corrected chi connectivity index (χ2v) is 6.91. The molecule has 0 aromatic heterocycles. The molecule has 2 atom stereocenters. The Balaban J connectivity index is 1.67. The van der Waals surface area contributed by atoms with Gasteiger partial charge in [0.25, 0.3) is 0 Å². The summed E-state index contributed by atoms with van der Waals surface area (Å²) in [5.41, 5.74) is 7.84. The van der Waals surface area contributed by atoms with E-state index >= 15 is 0 Å². The van der Waals surface area contributed by atoms with Crippen LogP contribution in [-0.4, -0.2) is 48.6 Å². The van der Waals surface area contributed by atoms with Crippen LogP contribution in [0.3, 0.4) is 0 Å². The van der Waals surface area contributed by atoms with Crippen LogP contribution in [-0.2, 0) is 32.1 Å². The number of hydrogen-bond donors (Lipinski definition) is 1. The summed E-state index contributed by atoms with van der Waals surface area (Å²) in [5, 5.41) is 3.79. The molecule has 2 amide bonds. The fourth-order valence-electron chi connectivity index (χ4n) is 3.03. The van der Waals surface area contributed by atoms with Gasteiger partial charge in [0.15, 0.2) is 6.10 Å². The van der Waals surface area contributed by atoms with Crippen molar-refractivity contribution in [2.24, 2.45) is 10.9 Å². The molecule has 3 rings (SSSR count). The summed E-state index contributed by atoms with van der Waals surface area (Å²) in [6, 6.07) is 17.7. The van der Waals surface area contributed by atoms with Crippen LogP contribution in [0.15, 0.2) is 65.8 Å². The zero-order chi connectivity index (χ0) is 21.3. The van der Waals surface area contributed by atoms with Gasteiger partial charge in [0.05, 0.1) is 26.1 Å². The predicted octanol–water partition coefficient (Wildman–Crippen LogP) is 2.47. The summed E-state index contributed by atoms with van der Waals surface area (Å²) >= 11 is 0. The van der Waals surface area contributed by atoms with Crippen molar-refractivity contribution in [2.75, 3.05) is 13.7 Å². The Hall–Kier alpha value is -3.39. The number of amides is 2. The molecule has 0 spiro atoms. The van der Waals surface area contributed by atoms with E-state index in [0.717, 1.165) is 16.0 Å². The van der Waals surface area contributed by atoms with Crippen molar-refractivity contribution in [2.45, 2.75) is 31.6 Å². The van der Waals surface area contributed by atoms with Gasteiger partial charge in [0, 0.05) is 0 Å². The van der Waals surface area contributed by atoms with Gasteiger partial charge in [0.1, 0.15) is 6.61 Å². The quantitative estimate of drug-likeness (QED) is 0.751. The van der Waals surface area contributed by atoms with Crippen LogP contribution in [0.5, 0.6) is 0 Å². The molecular formula is C22H25N3O5. The zero-order valence-electron chi connectivity index (χ0n) is 16.8. The average molecular weight is 411 g/mol. The molecule has 8 heteroatoms. The standard InChI is InChI=1S/C22H25N3O5/c1-28-20-13-18(30-24-20)14-25(22(27)29-15-17-10-6-3-7-11-17)21(26)19(23)12-16-8-4-2-5-9-16/h2-11,18-19H,12-15,23H2,1H3/t18?,19-/m0/s1. The third-order valence-electron chi connectivity index (χ3n) is 4.63. The van der Waals surface area contributed by atoms with Crippen molar-refractivity contribution in [1.82, 2.24) is 4.90 Å². The van der Waals surface area contributed by atoms with Gasteiger partial charge in [-0.2, -0.15) is 0 Å². The van der Waals surface area contributed by atoms with Crippen LogP contribution in [0.25, 0.3) is 0 Å². The van der Waals surface area contributed by atoms with E-state index in [1.54, 1.807) is 0 Å². The van der Waals surface area contributed by atoms with Gasteiger partial charge in [-0.05, 0) is 17.5 Å². The van der Waals surface area contributed by atoms with Crippen LogP contribution in [0, 0.1) is 0 Å². The molecule has 0 aliphatic carbocycles. The molecule has 8 nitrogen and oxygen atoms in total. The number of imide groups is 1. The molecule has 0 radical (unpaired) electrons. The first-order valence-electron chi connectivity index (χ1n) is 9.65. The van der Waals surface area contributed by atoms with Crippen LogP contribution in [0.4, 0.5) is 4.79 Å². The second-order valence-electron chi connectivity index (χ2n) is 6.91. The third kappa shape index (κ3) is 5.81. The number of methoxy groups -OCH3 is 1. The highest BCUT2D eigenvalue weighted by molar-refractivity contribution is 5.95. The molecule has 1 aliphatic rings. The SMILES string of the molecule is COC1=NOC(CN(C(=O)OCc2ccccc2)C(=O)[C@@H](N)Cc2ccccc2)C1. The molecule has 2 aromatic rings. The molecule has 0 saturated carbocycles. The predicted molar refractivity (Wildman–Crippen MR) is 110 cm³/mol. The highest BCUT2D eigenvalue weighted by Gasteiger charge is 2.33. The molecule has 1 unspecified atom stereocenters. The van der Waals surface area contributed by atoms with Crippen molar-refractivity contribution in [1.29, 1.82) is 0 Å². The molecule has 1 heterocycles. The summed E-state index contributed by atoms with van der Waals surface area (Å²) in [5.74, 6) is -0.134. The highest BCUT2D eigenvalue weighted by atomic mass is 16.7. The number of benzene rings is 2. The maximum atomic E-state index is 13.0. The number of nitrogens with two attached hydrogens (primary N) is 1. The van der Waals surface area contributed by atoms with Gasteiger partial charge in [-0.25, -0.2) is 9.69 Å². The van der Waals surface area contributed by atoms with Gasteiger partial charge in [-0.1, -0.05) is 65.8 Å². The molecule has 1 aliphatic heterocycles. The number of rotatable bonds is 7. The lowest BCUT2D eigenvalue weighted by molar-refractivity contribution is -0.132. The topological polar surface area (TPSA) is 103 Å². The minimum atomic E-state index is -0.902. The average Bonchev–Trinajstić information content (AvgIpc) is 3.24. The number of nitrogens with zero attached hydrogens (tertiary/aromatic N) is 2. The first kappa shape index (κ1) is 21.3. The van der Waals surface area contributed by atoms with E-state index in [9.17, 15) is 9.59 Å². The zero-order valence-corrected chi connectivity index (χ0v) is 16.8. The fourth-order valence-corrected chi connectivity index (χ4v) is 3.03. The first-order valence-corrected chi connectivity index (χ1v) is 9.65. The molecule has 0 bridgehead atoms. The van der Waals surface area contributed by atoms with E-state index in [2.05, 4.69) is 5.16 Å². The summed E-state index contributed by atoms with van der Waals surface area (Å²) < 4.78 is 10.4. The minimum absolute atomic E-state index is 0.0364. The van der Waals surface area contributed by atoms with Crippen LogP contribution >= 0.6 is 0 Å². The number of carbonyl (C=O) groups is 2. The Morgan fingerprint density at radius 1 is 1.13 bits per heavy atom. The van der Waals surface area contributed by atoms with E-state index in [1.807, 2.05) is 60.7 Å². The lowest BCUT2D eigenvalue weighted by Gasteiger charge is -2.25. The lowest BCUT2D eigenvalue weighted by atomic mass is 10.1. The summed E-state index contributed by atoms with van der Waals surface area (Å²) in [6.07, 6.45) is -0.646. The van der Waals surface area contributed by atoms with Crippen LogP contribution < -0.4 is 5.73 Å². The van der Waals surface area contributed by atoms with Gasteiger partial charge in [-0.15, -0.1) is 0 Å². The minimum Gasteiger partial charge on any atom is -0.482 e. The van der Waals surface area contributed by atoms with E-state index in [1.165, 1.54) is 7.11 Å². The number of oxime groups is 1.